The molecule has 12 heteroatoms. The first-order valence-electron chi connectivity index (χ1n) is 25.1. The number of ether oxygens (including phenoxy) is 5. The number of halogens is 4. The fourth-order valence-electron chi connectivity index (χ4n) is 8.80. The van der Waals surface area contributed by atoms with E-state index in [9.17, 15) is 4.79 Å². The summed E-state index contributed by atoms with van der Waals surface area (Å²) >= 11 is 27.8. The summed E-state index contributed by atoms with van der Waals surface area (Å²) in [6, 6.07) is 52.6. The molecule has 0 aliphatic carbocycles. The zero-order valence-corrected chi connectivity index (χ0v) is 44.6. The molecule has 0 spiro atoms. The maximum atomic E-state index is 14.5. The van der Waals surface area contributed by atoms with Crippen molar-refractivity contribution in [2.45, 2.75) is 45.1 Å². The van der Waals surface area contributed by atoms with Crippen LogP contribution in [-0.4, -0.2) is 58.7 Å². The normalized spacial score (nSPS) is 14.4. The van der Waals surface area contributed by atoms with Crippen LogP contribution in [0.15, 0.2) is 170 Å². The summed E-state index contributed by atoms with van der Waals surface area (Å²) in [6.07, 6.45) is 7.27. The minimum Gasteiger partial charge on any atom is -0.494 e. The Bertz CT molecular complexity index is 2830. The van der Waals surface area contributed by atoms with Crippen LogP contribution in [-0.2, 0) is 32.7 Å². The van der Waals surface area contributed by atoms with Crippen molar-refractivity contribution in [1.29, 1.82) is 0 Å². The molecule has 7 aromatic carbocycles. The Morgan fingerprint density at radius 2 is 0.892 bits per heavy atom. The fraction of sp³-hybridized carbons (Fsp3) is 0.242. The second-order valence-electron chi connectivity index (χ2n) is 17.6. The molecule has 0 atom stereocenters. The van der Waals surface area contributed by atoms with E-state index >= 15 is 0 Å². The van der Waals surface area contributed by atoms with Gasteiger partial charge in [-0.05, 0) is 145 Å². The second-order valence-corrected chi connectivity index (χ2v) is 19.1. The fourth-order valence-corrected chi connectivity index (χ4v) is 9.88. The van der Waals surface area contributed by atoms with E-state index in [-0.39, 0.29) is 31.2 Å². The molecule has 8 rings (SSSR count). The van der Waals surface area contributed by atoms with Crippen LogP contribution in [0.5, 0.6) is 11.5 Å². The highest BCUT2D eigenvalue weighted by Crippen LogP contribution is 2.53. The molecular weight excluding hydrogens is 1010 g/mol. The smallest absolute Gasteiger partial charge is 0.341 e. The Hall–Kier alpha value is -6.23. The molecule has 0 amide bonds. The molecule has 2 N–H and O–H groups in total. The van der Waals surface area contributed by atoms with Crippen molar-refractivity contribution in [2.75, 3.05) is 63.4 Å². The largest absolute Gasteiger partial charge is 0.494 e. The molecule has 0 fully saturated rings. The van der Waals surface area contributed by atoms with Gasteiger partial charge in [-0.2, -0.15) is 0 Å². The number of esters is 1. The lowest BCUT2D eigenvalue weighted by molar-refractivity contribution is 0.0300. The highest BCUT2D eigenvalue weighted by Gasteiger charge is 2.48. The Balaban J connectivity index is 1.15. The highest BCUT2D eigenvalue weighted by atomic mass is 35.5. The van der Waals surface area contributed by atoms with E-state index < -0.39 is 11.6 Å². The second kappa shape index (κ2) is 26.8. The third kappa shape index (κ3) is 13.9. The van der Waals surface area contributed by atoms with Crippen molar-refractivity contribution >= 4 is 74.9 Å². The highest BCUT2D eigenvalue weighted by molar-refractivity contribution is 6.53. The first-order valence-corrected chi connectivity index (χ1v) is 26.6. The van der Waals surface area contributed by atoms with Gasteiger partial charge in [-0.1, -0.05) is 156 Å². The molecule has 1 aliphatic heterocycles. The van der Waals surface area contributed by atoms with Crippen LogP contribution in [0.3, 0.4) is 0 Å². The van der Waals surface area contributed by atoms with Crippen molar-refractivity contribution in [2.24, 2.45) is 0 Å². The lowest BCUT2D eigenvalue weighted by Gasteiger charge is -2.27. The Morgan fingerprint density at radius 1 is 0.500 bits per heavy atom. The third-order valence-electron chi connectivity index (χ3n) is 12.5. The molecule has 0 radical (unpaired) electrons. The number of rotatable bonds is 26. The molecule has 1 aliphatic rings. The van der Waals surface area contributed by atoms with Crippen LogP contribution in [0.2, 0.25) is 20.1 Å². The van der Waals surface area contributed by atoms with E-state index in [2.05, 4.69) is 34.9 Å². The monoisotopic (exact) mass is 1070 g/mol. The van der Waals surface area contributed by atoms with E-state index in [4.69, 9.17) is 70.1 Å². The Labute approximate surface area is 455 Å². The maximum Gasteiger partial charge on any atom is 0.341 e. The predicted octanol–water partition coefficient (Wildman–Crippen LogP) is 15.8. The number of fused-ring (bicyclic) bond motifs is 1. The van der Waals surface area contributed by atoms with Gasteiger partial charge in [0.05, 0.1) is 52.1 Å². The third-order valence-corrected chi connectivity index (χ3v) is 14.3. The van der Waals surface area contributed by atoms with Crippen LogP contribution in [0.4, 0.5) is 11.4 Å². The van der Waals surface area contributed by atoms with Gasteiger partial charge < -0.3 is 34.3 Å². The molecule has 0 unspecified atom stereocenters. The summed E-state index contributed by atoms with van der Waals surface area (Å²) < 4.78 is 30.3. The van der Waals surface area contributed by atoms with Gasteiger partial charge in [-0.15, -0.1) is 0 Å². The van der Waals surface area contributed by atoms with Gasteiger partial charge in [-0.3, -0.25) is 0 Å². The van der Waals surface area contributed by atoms with E-state index in [1.165, 1.54) is 11.1 Å². The molecular formula is C62H60Cl4N2O6. The molecule has 0 bridgehead atoms. The summed E-state index contributed by atoms with van der Waals surface area (Å²) in [7, 11) is 0. The lowest BCUT2D eigenvalue weighted by atomic mass is 9.83. The summed E-state index contributed by atoms with van der Waals surface area (Å²) in [5.74, 6) is 0.721. The summed E-state index contributed by atoms with van der Waals surface area (Å²) in [4.78, 5) is 14.5. The molecule has 74 heavy (non-hydrogen) atoms. The number of anilines is 2. The Morgan fingerprint density at radius 3 is 1.30 bits per heavy atom. The average Bonchev–Trinajstić information content (AvgIpc) is 3.73. The molecule has 1 heterocycles. The lowest BCUT2D eigenvalue weighted by Crippen LogP contribution is -2.23. The molecule has 0 saturated carbocycles. The van der Waals surface area contributed by atoms with E-state index in [1.54, 1.807) is 0 Å². The standard InChI is InChI=1S/C62H60Cl4N2O6/c1-3-72-51-29-21-47(22-30-51)53(45-17-25-49(26-18-45)67-35-11-37-70-39-33-43-13-7-5-8-14-43)41-62(56-55(61(69)74-62)57(63)59(65)60(66)58(56)64)42-54(48-23-31-52(32-24-48)73-4-2)46-19-27-50(28-20-46)68-36-12-38-71-40-34-44-15-9-6-10-16-44/h5-10,13-32,41-42,67-68H,3-4,11-12,33-40H2,1-2H3. The van der Waals surface area contributed by atoms with Crippen LogP contribution in [0.1, 0.15) is 76.0 Å². The summed E-state index contributed by atoms with van der Waals surface area (Å²) in [5.41, 5.74) is 7.78. The molecule has 8 nitrogen and oxygen atoms in total. The van der Waals surface area contributed by atoms with Gasteiger partial charge >= 0.3 is 5.97 Å². The quantitative estimate of drug-likeness (QED) is 0.0240. The van der Waals surface area contributed by atoms with E-state index in [0.717, 1.165) is 83.5 Å². The minimum absolute atomic E-state index is 0.000774. The number of nitrogens with one attached hydrogen (secondary N) is 2. The van der Waals surface area contributed by atoms with Crippen molar-refractivity contribution in [3.8, 4) is 11.5 Å². The number of hydrogen-bond acceptors (Lipinski definition) is 8. The number of benzene rings is 7. The number of cyclic esters (lactones) is 1. The van der Waals surface area contributed by atoms with Gasteiger partial charge in [0.25, 0.3) is 0 Å². The zero-order valence-electron chi connectivity index (χ0n) is 41.6. The van der Waals surface area contributed by atoms with Crippen LogP contribution >= 0.6 is 46.4 Å². The number of carbonyl (C=O) groups is 1. The van der Waals surface area contributed by atoms with Gasteiger partial charge in [0.15, 0.2) is 5.60 Å². The average molecular weight is 1070 g/mol. The zero-order chi connectivity index (χ0) is 51.7. The molecule has 382 valence electrons. The maximum absolute atomic E-state index is 14.5. The minimum atomic E-state index is -1.70. The van der Waals surface area contributed by atoms with Crippen molar-refractivity contribution in [3.63, 3.8) is 0 Å². The number of carbonyl (C=O) groups excluding carboxylic acids is 1. The van der Waals surface area contributed by atoms with Gasteiger partial charge in [0.2, 0.25) is 0 Å². The summed E-state index contributed by atoms with van der Waals surface area (Å²) in [5, 5.41) is 7.02. The first kappa shape index (κ1) is 54.0. The van der Waals surface area contributed by atoms with Gasteiger partial charge in [0.1, 0.15) is 11.5 Å². The van der Waals surface area contributed by atoms with E-state index in [0.29, 0.717) is 51.1 Å². The van der Waals surface area contributed by atoms with Crippen LogP contribution in [0, 0.1) is 0 Å². The predicted molar refractivity (Wildman–Crippen MR) is 304 cm³/mol. The van der Waals surface area contributed by atoms with Crippen molar-refractivity contribution in [1.82, 2.24) is 0 Å². The molecule has 7 aromatic rings. The first-order chi connectivity index (χ1) is 36.2. The SMILES string of the molecule is CCOc1ccc(C(=CC2(C=C(c3ccc(NCCCOCCc4ccccc4)cc3)c3ccc(OCC)cc3)OC(=O)c3c(Cl)c(Cl)c(Cl)c(Cl)c32)c2ccc(NCCCOCCc3ccccc3)cc2)cc1. The van der Waals surface area contributed by atoms with Crippen LogP contribution < -0.4 is 20.1 Å². The Kier molecular flexibility index (Phi) is 19.6. The van der Waals surface area contributed by atoms with Crippen LogP contribution in [0.25, 0.3) is 11.1 Å². The molecule has 0 saturated heterocycles. The number of hydrogen-bond donors (Lipinski definition) is 2. The topological polar surface area (TPSA) is 87.3 Å². The summed E-state index contributed by atoms with van der Waals surface area (Å²) in [6.45, 7) is 9.00. The van der Waals surface area contributed by atoms with Crippen molar-refractivity contribution < 1.29 is 28.5 Å². The van der Waals surface area contributed by atoms with Crippen molar-refractivity contribution in [3.05, 3.63) is 234 Å². The van der Waals surface area contributed by atoms with E-state index in [1.807, 2.05) is 159 Å². The van der Waals surface area contributed by atoms with Gasteiger partial charge in [0, 0.05) is 43.2 Å². The molecule has 0 aromatic heterocycles. The van der Waals surface area contributed by atoms with Gasteiger partial charge in [-0.25, -0.2) is 4.79 Å².